The van der Waals surface area contributed by atoms with Crippen LogP contribution >= 0.6 is 0 Å². The van der Waals surface area contributed by atoms with Crippen LogP contribution in [-0.2, 0) is 11.3 Å². The Kier molecular flexibility index (Phi) is 5.21. The number of amides is 1. The summed E-state index contributed by atoms with van der Waals surface area (Å²) in [6.45, 7) is 3.20. The van der Waals surface area contributed by atoms with Crippen LogP contribution in [0.4, 0.5) is 0 Å². The largest absolute Gasteiger partial charge is 0.467 e. The average Bonchev–Trinajstić information content (AvgIpc) is 3.08. The highest BCUT2D eigenvalue weighted by Crippen LogP contribution is 2.19. The first-order valence-corrected chi connectivity index (χ1v) is 6.97. The van der Waals surface area contributed by atoms with Gasteiger partial charge in [-0.3, -0.25) is 4.79 Å². The second-order valence-electron chi connectivity index (χ2n) is 4.98. The van der Waals surface area contributed by atoms with Crippen LogP contribution in [0.25, 0.3) is 0 Å². The molecule has 0 bridgehead atoms. The number of furan rings is 1. The third-order valence-electron chi connectivity index (χ3n) is 3.44. The number of hydrogen-bond acceptors (Lipinski definition) is 3. The van der Waals surface area contributed by atoms with Gasteiger partial charge in [-0.25, -0.2) is 0 Å². The van der Waals surface area contributed by atoms with Crippen molar-refractivity contribution >= 4 is 5.91 Å². The van der Waals surface area contributed by atoms with Crippen molar-refractivity contribution in [3.63, 3.8) is 0 Å². The van der Waals surface area contributed by atoms with Gasteiger partial charge in [0.2, 0.25) is 5.91 Å². The first kappa shape index (κ1) is 13.9. The van der Waals surface area contributed by atoms with E-state index in [0.29, 0.717) is 6.54 Å². The normalized spacial score (nSPS) is 16.2. The van der Waals surface area contributed by atoms with Crippen LogP contribution < -0.4 is 10.6 Å². The monoisotopic (exact) mass is 262 g/mol. The lowest BCUT2D eigenvalue weighted by Crippen LogP contribution is -2.42. The lowest BCUT2D eigenvalue weighted by Gasteiger charge is -2.13. The van der Waals surface area contributed by atoms with Crippen molar-refractivity contribution < 1.29 is 9.21 Å². The minimum Gasteiger partial charge on any atom is -0.467 e. The summed E-state index contributed by atoms with van der Waals surface area (Å²) in [7, 11) is 0. The van der Waals surface area contributed by atoms with Gasteiger partial charge in [0.15, 0.2) is 0 Å². The first-order valence-electron chi connectivity index (χ1n) is 6.97. The van der Waals surface area contributed by atoms with Gasteiger partial charge in [0.25, 0.3) is 0 Å². The van der Waals surface area contributed by atoms with Gasteiger partial charge in [0, 0.05) is 0 Å². The van der Waals surface area contributed by atoms with Gasteiger partial charge in [-0.1, -0.05) is 11.6 Å². The Hall–Kier alpha value is -1.55. The predicted octanol–water partition coefficient (Wildman–Crippen LogP) is 2.37. The van der Waals surface area contributed by atoms with Crippen LogP contribution in [-0.4, -0.2) is 18.5 Å². The van der Waals surface area contributed by atoms with E-state index in [4.69, 9.17) is 4.42 Å². The first-order chi connectivity index (χ1) is 9.25. The molecule has 4 nitrogen and oxygen atoms in total. The summed E-state index contributed by atoms with van der Waals surface area (Å²) in [5.74, 6) is 0.786. The zero-order valence-corrected chi connectivity index (χ0v) is 11.4. The molecule has 1 atom stereocenters. The smallest absolute Gasteiger partial charge is 0.237 e. The topological polar surface area (TPSA) is 54.3 Å². The molecule has 1 amide bonds. The fourth-order valence-electron chi connectivity index (χ4n) is 2.25. The van der Waals surface area contributed by atoms with Crippen LogP contribution in [0, 0.1) is 0 Å². The van der Waals surface area contributed by atoms with Gasteiger partial charge < -0.3 is 15.1 Å². The van der Waals surface area contributed by atoms with Crippen LogP contribution in [0.1, 0.15) is 38.4 Å². The van der Waals surface area contributed by atoms with Gasteiger partial charge in [-0.2, -0.15) is 0 Å². The number of allylic oxidation sites excluding steroid dienone is 1. The summed E-state index contributed by atoms with van der Waals surface area (Å²) in [4.78, 5) is 11.8. The van der Waals surface area contributed by atoms with Gasteiger partial charge in [-0.05, 0) is 51.3 Å². The third kappa shape index (κ3) is 4.56. The summed E-state index contributed by atoms with van der Waals surface area (Å²) in [6, 6.07) is 3.50. The SMILES string of the molecule is CC(NCCC1=CCCC1)C(=O)NCc1ccco1. The predicted molar refractivity (Wildman–Crippen MR) is 74.6 cm³/mol. The Morgan fingerprint density at radius 1 is 1.53 bits per heavy atom. The van der Waals surface area contributed by atoms with Crippen molar-refractivity contribution in [3.8, 4) is 0 Å². The molecule has 0 fully saturated rings. The van der Waals surface area contributed by atoms with Crippen molar-refractivity contribution in [2.24, 2.45) is 0 Å². The Morgan fingerprint density at radius 2 is 2.42 bits per heavy atom. The lowest BCUT2D eigenvalue weighted by atomic mass is 10.1. The van der Waals surface area contributed by atoms with E-state index in [0.717, 1.165) is 18.7 Å². The highest BCUT2D eigenvalue weighted by Gasteiger charge is 2.12. The lowest BCUT2D eigenvalue weighted by molar-refractivity contribution is -0.123. The summed E-state index contributed by atoms with van der Waals surface area (Å²) < 4.78 is 5.17. The Labute approximate surface area is 114 Å². The molecule has 0 saturated carbocycles. The summed E-state index contributed by atoms with van der Waals surface area (Å²) in [5.41, 5.74) is 1.52. The number of rotatable bonds is 7. The maximum atomic E-state index is 11.8. The summed E-state index contributed by atoms with van der Waals surface area (Å²) in [5, 5.41) is 6.11. The molecule has 19 heavy (non-hydrogen) atoms. The molecule has 1 aromatic rings. The quantitative estimate of drug-likeness (QED) is 0.742. The molecule has 2 rings (SSSR count). The summed E-state index contributed by atoms with van der Waals surface area (Å²) in [6.07, 6.45) is 8.71. The van der Waals surface area contributed by atoms with Crippen LogP contribution in [0.5, 0.6) is 0 Å². The highest BCUT2D eigenvalue weighted by atomic mass is 16.3. The molecule has 0 aliphatic heterocycles. The van der Waals surface area contributed by atoms with E-state index < -0.39 is 0 Å². The Bertz CT molecular complexity index is 423. The van der Waals surface area contributed by atoms with Crippen LogP contribution in [0.15, 0.2) is 34.5 Å². The highest BCUT2D eigenvalue weighted by molar-refractivity contribution is 5.81. The van der Waals surface area contributed by atoms with E-state index in [1.165, 1.54) is 24.8 Å². The second kappa shape index (κ2) is 7.14. The van der Waals surface area contributed by atoms with E-state index in [2.05, 4.69) is 16.7 Å². The van der Waals surface area contributed by atoms with E-state index in [1.54, 1.807) is 6.26 Å². The van der Waals surface area contributed by atoms with E-state index in [1.807, 2.05) is 19.1 Å². The standard InChI is InChI=1S/C15H22N2O2/c1-12(16-9-8-13-5-2-3-6-13)15(18)17-11-14-7-4-10-19-14/h4-5,7,10,12,16H,2-3,6,8-9,11H2,1H3,(H,17,18). The Morgan fingerprint density at radius 3 is 3.11 bits per heavy atom. The molecular formula is C15H22N2O2. The second-order valence-corrected chi connectivity index (χ2v) is 4.98. The van der Waals surface area contributed by atoms with Crippen molar-refractivity contribution in [2.75, 3.05) is 6.54 Å². The zero-order valence-electron chi connectivity index (χ0n) is 11.4. The van der Waals surface area contributed by atoms with Gasteiger partial charge in [0.05, 0.1) is 18.8 Å². The van der Waals surface area contributed by atoms with Gasteiger partial charge in [0.1, 0.15) is 5.76 Å². The molecule has 1 unspecified atom stereocenters. The molecular weight excluding hydrogens is 240 g/mol. The van der Waals surface area contributed by atoms with Crippen LogP contribution in [0.3, 0.4) is 0 Å². The maximum absolute atomic E-state index is 11.8. The maximum Gasteiger partial charge on any atom is 0.237 e. The Balaban J connectivity index is 1.61. The third-order valence-corrected chi connectivity index (χ3v) is 3.44. The molecule has 1 aliphatic rings. The van der Waals surface area contributed by atoms with E-state index >= 15 is 0 Å². The zero-order chi connectivity index (χ0) is 13.5. The number of carbonyl (C=O) groups excluding carboxylic acids is 1. The molecule has 104 valence electrons. The molecule has 0 aromatic carbocycles. The molecule has 0 radical (unpaired) electrons. The minimum atomic E-state index is -0.169. The van der Waals surface area contributed by atoms with Crippen molar-refractivity contribution in [3.05, 3.63) is 35.8 Å². The van der Waals surface area contributed by atoms with E-state index in [-0.39, 0.29) is 11.9 Å². The van der Waals surface area contributed by atoms with E-state index in [9.17, 15) is 4.79 Å². The number of nitrogens with one attached hydrogen (secondary N) is 2. The minimum absolute atomic E-state index is 0.0109. The van der Waals surface area contributed by atoms with Crippen LogP contribution in [0.2, 0.25) is 0 Å². The molecule has 1 aliphatic carbocycles. The molecule has 4 heteroatoms. The van der Waals surface area contributed by atoms with Crippen molar-refractivity contribution in [2.45, 2.75) is 45.2 Å². The summed E-state index contributed by atoms with van der Waals surface area (Å²) >= 11 is 0. The molecule has 0 spiro atoms. The number of hydrogen-bond donors (Lipinski definition) is 2. The molecule has 1 heterocycles. The fraction of sp³-hybridized carbons (Fsp3) is 0.533. The molecule has 0 saturated heterocycles. The molecule has 1 aromatic heterocycles. The average molecular weight is 262 g/mol. The van der Waals surface area contributed by atoms with Gasteiger partial charge >= 0.3 is 0 Å². The fourth-order valence-corrected chi connectivity index (χ4v) is 2.25. The van der Waals surface area contributed by atoms with Crippen molar-refractivity contribution in [1.82, 2.24) is 10.6 Å². The van der Waals surface area contributed by atoms with Gasteiger partial charge in [-0.15, -0.1) is 0 Å². The van der Waals surface area contributed by atoms with Crippen molar-refractivity contribution in [1.29, 1.82) is 0 Å². The number of carbonyl (C=O) groups is 1. The molecule has 2 N–H and O–H groups in total.